The van der Waals surface area contributed by atoms with E-state index in [0.29, 0.717) is 0 Å². The quantitative estimate of drug-likeness (QED) is 0.415. The minimum Gasteiger partial charge on any atom is -0.181 e. The van der Waals surface area contributed by atoms with Gasteiger partial charge in [0.15, 0.2) is 6.67 Å². The van der Waals surface area contributed by atoms with E-state index in [1.807, 2.05) is 49.4 Å². The summed E-state index contributed by atoms with van der Waals surface area (Å²) >= 11 is 0. The Balaban J connectivity index is 0.000000640. The van der Waals surface area contributed by atoms with Crippen LogP contribution in [0.1, 0.15) is 0 Å². The second kappa shape index (κ2) is 3.52. The van der Waals surface area contributed by atoms with Gasteiger partial charge < -0.3 is 0 Å². The first kappa shape index (κ1) is 9.37. The molecule has 54 valence electrons. The average molecular weight is 216 g/mol. The van der Waals surface area contributed by atoms with Crippen molar-refractivity contribution < 1.29 is 19.5 Å². The van der Waals surface area contributed by atoms with Crippen LogP contribution in [-0.4, -0.2) is 36.1 Å². The molecule has 0 aromatic carbocycles. The van der Waals surface area contributed by atoms with Gasteiger partial charge in [0.25, 0.3) is 6.67 Å². The predicted molar refractivity (Wildman–Crippen MR) is 31.9 cm³/mol. The summed E-state index contributed by atoms with van der Waals surface area (Å²) in [4.78, 5) is 2.00. The van der Waals surface area contributed by atoms with Crippen molar-refractivity contribution in [2.75, 3.05) is 21.1 Å². The third kappa shape index (κ3) is 2.22. The topological polar surface area (TPSA) is 9.72 Å². The zero-order valence-corrected chi connectivity index (χ0v) is 7.47. The van der Waals surface area contributed by atoms with Crippen LogP contribution < -0.4 is 0 Å². The Hall–Kier alpha value is 0.373. The van der Waals surface area contributed by atoms with E-state index in [-0.39, 0.29) is 19.5 Å². The van der Waals surface area contributed by atoms with Crippen molar-refractivity contribution in [2.45, 2.75) is 0 Å². The molecule has 4 heteroatoms. The summed E-state index contributed by atoms with van der Waals surface area (Å²) < 4.78 is 0. The molecule has 3 nitrogen and oxygen atoms in total. The van der Waals surface area contributed by atoms with Crippen LogP contribution in [0.3, 0.4) is 0 Å². The molecule has 0 amide bonds. The van der Waals surface area contributed by atoms with E-state index >= 15 is 0 Å². The van der Waals surface area contributed by atoms with Crippen molar-refractivity contribution in [3.05, 3.63) is 13.3 Å². The third-order valence-corrected chi connectivity index (χ3v) is 1.20. The summed E-state index contributed by atoms with van der Waals surface area (Å²) in [6.45, 7) is 4.00. The Morgan fingerprint density at radius 1 is 1.22 bits per heavy atom. The smallest absolute Gasteiger partial charge is 0.181 e. The first-order valence-corrected chi connectivity index (χ1v) is 2.57. The van der Waals surface area contributed by atoms with E-state index in [1.165, 1.54) is 0 Å². The van der Waals surface area contributed by atoms with Crippen molar-refractivity contribution in [1.82, 2.24) is 14.9 Å². The minimum absolute atomic E-state index is 0. The Morgan fingerprint density at radius 2 is 1.78 bits per heavy atom. The van der Waals surface area contributed by atoms with E-state index in [4.69, 9.17) is 0 Å². The van der Waals surface area contributed by atoms with E-state index in [0.717, 1.165) is 0 Å². The maximum absolute atomic E-state index is 2.00. The van der Waals surface area contributed by atoms with Crippen LogP contribution in [0.15, 0.2) is 0 Å². The molecule has 1 aliphatic rings. The van der Waals surface area contributed by atoms with Gasteiger partial charge in [-0.3, -0.25) is 0 Å². The molecule has 9 heavy (non-hydrogen) atoms. The van der Waals surface area contributed by atoms with Gasteiger partial charge in [0.2, 0.25) is 0 Å². The molecule has 1 aliphatic heterocycles. The number of hydrazine groups is 1. The van der Waals surface area contributed by atoms with Crippen molar-refractivity contribution in [1.29, 1.82) is 0 Å². The summed E-state index contributed by atoms with van der Waals surface area (Å²) in [6.07, 6.45) is 0. The summed E-state index contributed by atoms with van der Waals surface area (Å²) in [5, 5.41) is 4.00. The molecule has 0 N–H and O–H groups in total. The first-order chi connectivity index (χ1) is 3.70. The van der Waals surface area contributed by atoms with Gasteiger partial charge in [0.05, 0.1) is 0 Å². The predicted octanol–water partition coefficient (Wildman–Crippen LogP) is -0.0535. The van der Waals surface area contributed by atoms with Crippen LogP contribution in [0, 0.1) is 13.3 Å². The van der Waals surface area contributed by atoms with Gasteiger partial charge in [-0.05, 0) is 0 Å². The average Bonchev–Trinajstić information content (AvgIpc) is 1.85. The van der Waals surface area contributed by atoms with Crippen molar-refractivity contribution in [3.8, 4) is 0 Å². The monoisotopic (exact) mass is 216 g/mol. The molecule has 0 aliphatic carbocycles. The molecule has 0 unspecified atom stereocenters. The molecule has 0 aromatic rings. The number of hydrogen-bond acceptors (Lipinski definition) is 3. The molecule has 1 rings (SSSR count). The Morgan fingerprint density at radius 3 is 1.89 bits per heavy atom. The van der Waals surface area contributed by atoms with Gasteiger partial charge in [-0.2, -0.15) is 5.01 Å². The Bertz CT molecular complexity index is 78.3. The molecule has 1 heterocycles. The van der Waals surface area contributed by atoms with Crippen molar-refractivity contribution >= 4 is 0 Å². The van der Waals surface area contributed by atoms with Crippen LogP contribution in [0.5, 0.6) is 0 Å². The summed E-state index contributed by atoms with van der Waals surface area (Å²) in [5.41, 5.74) is 0. The van der Waals surface area contributed by atoms with Crippen molar-refractivity contribution in [2.24, 2.45) is 0 Å². The summed E-state index contributed by atoms with van der Waals surface area (Å²) in [7, 11) is 6.00. The molecule has 0 saturated carbocycles. The molecule has 0 aromatic heterocycles. The van der Waals surface area contributed by atoms with Gasteiger partial charge in [-0.15, -0.1) is 4.90 Å². The second-order valence-electron chi connectivity index (χ2n) is 2.04. The zero-order chi connectivity index (χ0) is 6.15. The van der Waals surface area contributed by atoms with E-state index in [2.05, 4.69) is 0 Å². The third-order valence-electron chi connectivity index (χ3n) is 1.20. The number of nitrogens with zero attached hydrogens (tertiary/aromatic N) is 3. The van der Waals surface area contributed by atoms with Crippen LogP contribution in [0.2, 0.25) is 0 Å². The molecule has 0 atom stereocenters. The molecule has 0 spiro atoms. The molecule has 1 saturated heterocycles. The van der Waals surface area contributed by atoms with Gasteiger partial charge in [0.1, 0.15) is 0 Å². The SMILES string of the molecule is CN1[CH]N(C)N(C)[CH+]1.[Rh]. The largest absolute Gasteiger partial charge is 0.260 e. The van der Waals surface area contributed by atoms with Crippen LogP contribution in [0.4, 0.5) is 0 Å². The summed E-state index contributed by atoms with van der Waals surface area (Å²) in [6, 6.07) is 0. The van der Waals surface area contributed by atoms with Gasteiger partial charge in [0, 0.05) is 40.6 Å². The summed E-state index contributed by atoms with van der Waals surface area (Å²) in [5.74, 6) is 0. The molecular weight excluding hydrogens is 205 g/mol. The fourth-order valence-electron chi connectivity index (χ4n) is 0.720. The Labute approximate surface area is 69.3 Å². The minimum atomic E-state index is 0. The van der Waals surface area contributed by atoms with Crippen LogP contribution in [0.25, 0.3) is 0 Å². The molecule has 0 bridgehead atoms. The Kier molecular flexibility index (Phi) is 3.67. The van der Waals surface area contributed by atoms with Crippen LogP contribution >= 0.6 is 0 Å². The van der Waals surface area contributed by atoms with Crippen LogP contribution in [-0.2, 0) is 19.5 Å². The van der Waals surface area contributed by atoms with Crippen molar-refractivity contribution in [3.63, 3.8) is 0 Å². The number of rotatable bonds is 0. The molecular formula is C5H11N3Rh+. The van der Waals surface area contributed by atoms with Gasteiger partial charge >= 0.3 is 0 Å². The first-order valence-electron chi connectivity index (χ1n) is 2.57. The maximum atomic E-state index is 2.00. The van der Waals surface area contributed by atoms with Gasteiger partial charge in [-0.1, -0.05) is 5.01 Å². The van der Waals surface area contributed by atoms with E-state index < -0.39 is 0 Å². The van der Waals surface area contributed by atoms with E-state index in [1.54, 1.807) is 0 Å². The zero-order valence-electron chi connectivity index (χ0n) is 5.83. The maximum Gasteiger partial charge on any atom is 0.260 e. The molecule has 1 fully saturated rings. The normalized spacial score (nSPS) is 23.4. The fourth-order valence-corrected chi connectivity index (χ4v) is 0.720. The van der Waals surface area contributed by atoms with E-state index in [9.17, 15) is 0 Å². The second-order valence-corrected chi connectivity index (χ2v) is 2.04. The van der Waals surface area contributed by atoms with Gasteiger partial charge in [-0.25, -0.2) is 0 Å². The standard InChI is InChI=1S/C5H11N3.Rh/c1-6-4-7(2)8(3)5-6;/h4-5H,1-3H3;/q+1;. The molecule has 2 radical (unpaired) electrons. The number of hydrogen-bond donors (Lipinski definition) is 0. The fraction of sp³-hybridized carbons (Fsp3) is 0.600.